The van der Waals surface area contributed by atoms with Crippen molar-refractivity contribution in [1.82, 2.24) is 0 Å². The molecule has 1 aromatic heterocycles. The molecule has 0 aliphatic rings. The maximum atomic E-state index is 12.8. The van der Waals surface area contributed by atoms with Crippen molar-refractivity contribution >= 4 is 17.1 Å². The quantitative estimate of drug-likeness (QED) is 0.713. The highest BCUT2D eigenvalue weighted by molar-refractivity contribution is 7.17. The molecule has 0 spiro atoms. The lowest BCUT2D eigenvalue weighted by Crippen LogP contribution is -2.07. The molecule has 0 saturated heterocycles. The van der Waals surface area contributed by atoms with E-state index < -0.39 is 11.7 Å². The van der Waals surface area contributed by atoms with Crippen molar-refractivity contribution in [3.63, 3.8) is 0 Å². The van der Waals surface area contributed by atoms with Gasteiger partial charge in [-0.25, -0.2) is 0 Å². The first kappa shape index (κ1) is 13.8. The predicted octanol–water partition coefficient (Wildman–Crippen LogP) is 4.94. The van der Waals surface area contributed by atoms with Crippen molar-refractivity contribution in [3.8, 4) is 10.4 Å². The van der Waals surface area contributed by atoms with Crippen LogP contribution in [-0.2, 0) is 6.18 Å². The standard InChI is InChI=1S/C14H11F3OS/c1-8-3-4-10(7-11(8)14(15,16)17)13-6-5-12(19-13)9(2)18/h3-7H,1-2H3. The summed E-state index contributed by atoms with van der Waals surface area (Å²) in [6.07, 6.45) is -4.36. The fourth-order valence-corrected chi connectivity index (χ4v) is 2.66. The van der Waals surface area contributed by atoms with Gasteiger partial charge in [-0.3, -0.25) is 4.79 Å². The monoisotopic (exact) mass is 284 g/mol. The number of benzene rings is 1. The molecule has 0 radical (unpaired) electrons. The van der Waals surface area contributed by atoms with E-state index in [-0.39, 0.29) is 11.3 Å². The molecule has 0 aliphatic carbocycles. The second-order valence-corrected chi connectivity index (χ2v) is 5.33. The minimum Gasteiger partial charge on any atom is -0.294 e. The minimum atomic E-state index is -4.36. The van der Waals surface area contributed by atoms with Crippen LogP contribution in [0.1, 0.15) is 27.7 Å². The summed E-state index contributed by atoms with van der Waals surface area (Å²) in [5, 5.41) is 0. The van der Waals surface area contributed by atoms with Crippen molar-refractivity contribution in [2.75, 3.05) is 0 Å². The molecule has 0 amide bonds. The first-order valence-corrected chi connectivity index (χ1v) is 6.39. The molecule has 0 bridgehead atoms. The second-order valence-electron chi connectivity index (χ2n) is 4.25. The Morgan fingerprint density at radius 2 is 1.84 bits per heavy atom. The average molecular weight is 284 g/mol. The number of Topliss-reactive ketones (excluding diaryl/α,β-unsaturated/α-hetero) is 1. The number of ketones is 1. The minimum absolute atomic E-state index is 0.0839. The van der Waals surface area contributed by atoms with Crippen LogP contribution < -0.4 is 0 Å². The number of carbonyl (C=O) groups is 1. The van der Waals surface area contributed by atoms with E-state index in [1.807, 2.05) is 0 Å². The van der Waals surface area contributed by atoms with Gasteiger partial charge in [0.1, 0.15) is 0 Å². The lowest BCUT2D eigenvalue weighted by Gasteiger charge is -2.11. The summed E-state index contributed by atoms with van der Waals surface area (Å²) in [6, 6.07) is 7.53. The van der Waals surface area contributed by atoms with E-state index in [4.69, 9.17) is 0 Å². The van der Waals surface area contributed by atoms with Gasteiger partial charge in [-0.2, -0.15) is 13.2 Å². The molecule has 0 unspecified atom stereocenters. The van der Waals surface area contributed by atoms with E-state index >= 15 is 0 Å². The van der Waals surface area contributed by atoms with Gasteiger partial charge in [-0.15, -0.1) is 11.3 Å². The molecule has 1 aromatic carbocycles. The SMILES string of the molecule is CC(=O)c1ccc(-c2ccc(C)c(C(F)(F)F)c2)s1. The lowest BCUT2D eigenvalue weighted by molar-refractivity contribution is -0.138. The number of hydrogen-bond acceptors (Lipinski definition) is 2. The number of rotatable bonds is 2. The van der Waals surface area contributed by atoms with Gasteiger partial charge < -0.3 is 0 Å². The number of thiophene rings is 1. The Morgan fingerprint density at radius 3 is 2.37 bits per heavy atom. The summed E-state index contributed by atoms with van der Waals surface area (Å²) in [6.45, 7) is 2.87. The van der Waals surface area contributed by atoms with Crippen LogP contribution in [-0.4, -0.2) is 5.78 Å². The fraction of sp³-hybridized carbons (Fsp3) is 0.214. The molecule has 1 heterocycles. The third-order valence-corrected chi connectivity index (χ3v) is 4.02. The van der Waals surface area contributed by atoms with Crippen LogP contribution in [0.4, 0.5) is 13.2 Å². The molecule has 2 rings (SSSR count). The smallest absolute Gasteiger partial charge is 0.294 e. The normalized spacial score (nSPS) is 11.6. The van der Waals surface area contributed by atoms with E-state index in [1.165, 1.54) is 31.3 Å². The van der Waals surface area contributed by atoms with Crippen LogP contribution in [0.2, 0.25) is 0 Å². The summed E-state index contributed by atoms with van der Waals surface area (Å²) in [5.41, 5.74) is 0.0396. The number of halogens is 3. The molecule has 100 valence electrons. The molecular formula is C14H11F3OS. The summed E-state index contributed by atoms with van der Waals surface area (Å²) >= 11 is 1.20. The zero-order valence-corrected chi connectivity index (χ0v) is 11.2. The van der Waals surface area contributed by atoms with Crippen molar-refractivity contribution in [2.24, 2.45) is 0 Å². The number of aryl methyl sites for hydroxylation is 1. The van der Waals surface area contributed by atoms with Gasteiger partial charge in [0.25, 0.3) is 0 Å². The van der Waals surface area contributed by atoms with Crippen LogP contribution >= 0.6 is 11.3 Å². The Labute approximate surface area is 112 Å². The van der Waals surface area contributed by atoms with Crippen molar-refractivity contribution in [2.45, 2.75) is 20.0 Å². The molecule has 0 N–H and O–H groups in total. The Balaban J connectivity index is 2.48. The molecule has 1 nitrogen and oxygen atoms in total. The topological polar surface area (TPSA) is 17.1 Å². The van der Waals surface area contributed by atoms with E-state index in [0.717, 1.165) is 6.07 Å². The molecular weight excluding hydrogens is 273 g/mol. The van der Waals surface area contributed by atoms with Crippen molar-refractivity contribution in [3.05, 3.63) is 46.3 Å². The summed E-state index contributed by atoms with van der Waals surface area (Å²) < 4.78 is 38.5. The van der Waals surface area contributed by atoms with Gasteiger partial charge in [0.2, 0.25) is 0 Å². The highest BCUT2D eigenvalue weighted by Gasteiger charge is 2.32. The predicted molar refractivity (Wildman–Crippen MR) is 69.5 cm³/mol. The van der Waals surface area contributed by atoms with Crippen LogP contribution in [0, 0.1) is 6.92 Å². The van der Waals surface area contributed by atoms with Crippen molar-refractivity contribution in [1.29, 1.82) is 0 Å². The highest BCUT2D eigenvalue weighted by Crippen LogP contribution is 2.36. The first-order chi connectivity index (χ1) is 8.79. The van der Waals surface area contributed by atoms with Gasteiger partial charge in [0.15, 0.2) is 5.78 Å². The van der Waals surface area contributed by atoms with E-state index in [0.29, 0.717) is 15.3 Å². The zero-order chi connectivity index (χ0) is 14.2. The molecule has 0 fully saturated rings. The van der Waals surface area contributed by atoms with Gasteiger partial charge in [0, 0.05) is 4.88 Å². The molecule has 0 atom stereocenters. The Bertz CT molecular complexity index is 626. The van der Waals surface area contributed by atoms with E-state index in [2.05, 4.69) is 0 Å². The van der Waals surface area contributed by atoms with E-state index in [1.54, 1.807) is 18.2 Å². The maximum absolute atomic E-state index is 12.8. The van der Waals surface area contributed by atoms with Gasteiger partial charge in [-0.05, 0) is 43.2 Å². The van der Waals surface area contributed by atoms with Crippen LogP contribution in [0.5, 0.6) is 0 Å². The van der Waals surface area contributed by atoms with Gasteiger partial charge in [-0.1, -0.05) is 12.1 Å². The molecule has 0 saturated carbocycles. The van der Waals surface area contributed by atoms with Crippen LogP contribution in [0.3, 0.4) is 0 Å². The number of alkyl halides is 3. The van der Waals surface area contributed by atoms with Gasteiger partial charge in [0.05, 0.1) is 10.4 Å². The number of hydrogen-bond donors (Lipinski definition) is 0. The lowest BCUT2D eigenvalue weighted by atomic mass is 10.0. The van der Waals surface area contributed by atoms with E-state index in [9.17, 15) is 18.0 Å². The van der Waals surface area contributed by atoms with Crippen LogP contribution in [0.25, 0.3) is 10.4 Å². The second kappa shape index (κ2) is 4.81. The Morgan fingerprint density at radius 1 is 1.16 bits per heavy atom. The third kappa shape index (κ3) is 2.87. The summed E-state index contributed by atoms with van der Waals surface area (Å²) in [5.74, 6) is -0.0839. The Hall–Kier alpha value is -1.62. The van der Waals surface area contributed by atoms with Crippen molar-refractivity contribution < 1.29 is 18.0 Å². The number of carbonyl (C=O) groups excluding carboxylic acids is 1. The molecule has 19 heavy (non-hydrogen) atoms. The average Bonchev–Trinajstić information content (AvgIpc) is 2.77. The maximum Gasteiger partial charge on any atom is 0.416 e. The Kier molecular flexibility index (Phi) is 3.49. The molecule has 5 heteroatoms. The largest absolute Gasteiger partial charge is 0.416 e. The van der Waals surface area contributed by atoms with Gasteiger partial charge >= 0.3 is 6.18 Å². The summed E-state index contributed by atoms with van der Waals surface area (Å²) in [4.78, 5) is 12.4. The fourth-order valence-electron chi connectivity index (χ4n) is 1.76. The zero-order valence-electron chi connectivity index (χ0n) is 10.3. The van der Waals surface area contributed by atoms with Crippen LogP contribution in [0.15, 0.2) is 30.3 Å². The molecule has 0 aliphatic heterocycles. The first-order valence-electron chi connectivity index (χ1n) is 5.58. The third-order valence-electron chi connectivity index (χ3n) is 2.78. The molecule has 2 aromatic rings. The highest BCUT2D eigenvalue weighted by atomic mass is 32.1. The summed E-state index contributed by atoms with van der Waals surface area (Å²) in [7, 11) is 0.